The van der Waals surface area contributed by atoms with Crippen LogP contribution >= 0.6 is 0 Å². The van der Waals surface area contributed by atoms with Crippen LogP contribution in [0, 0.1) is 0 Å². The van der Waals surface area contributed by atoms with Gasteiger partial charge in [0.2, 0.25) is 5.95 Å². The van der Waals surface area contributed by atoms with E-state index in [9.17, 15) is 4.79 Å². The van der Waals surface area contributed by atoms with Crippen LogP contribution in [0.5, 0.6) is 0 Å². The second-order valence-electron chi connectivity index (χ2n) is 4.72. The van der Waals surface area contributed by atoms with Crippen LogP contribution in [0.3, 0.4) is 0 Å². The number of nitrogens with one attached hydrogen (secondary N) is 1. The maximum atomic E-state index is 10.6. The van der Waals surface area contributed by atoms with Crippen LogP contribution < -0.4 is 5.32 Å². The number of rotatable bonds is 5. The minimum Gasteiger partial charge on any atom is -0.350 e. The van der Waals surface area contributed by atoms with Gasteiger partial charge in [-0.1, -0.05) is 24.3 Å². The average Bonchev–Trinajstić information content (AvgIpc) is 2.61. The van der Waals surface area contributed by atoms with Crippen molar-refractivity contribution < 1.29 is 4.79 Å². The molecule has 0 amide bonds. The number of aldehydes is 1. The molecule has 1 aromatic carbocycles. The lowest BCUT2D eigenvalue weighted by Gasteiger charge is -2.07. The molecule has 3 aromatic rings. The Balaban J connectivity index is 1.71. The number of carbonyl (C=O) groups is 1. The zero-order valence-corrected chi connectivity index (χ0v) is 11.8. The molecule has 5 heteroatoms. The zero-order chi connectivity index (χ0) is 15.2. The first-order valence-corrected chi connectivity index (χ1v) is 6.86. The van der Waals surface area contributed by atoms with Gasteiger partial charge in [0, 0.05) is 36.3 Å². The van der Waals surface area contributed by atoms with Gasteiger partial charge in [-0.25, -0.2) is 9.97 Å². The first-order chi connectivity index (χ1) is 10.8. The lowest BCUT2D eigenvalue weighted by Crippen LogP contribution is -2.04. The van der Waals surface area contributed by atoms with E-state index in [4.69, 9.17) is 0 Å². The quantitative estimate of drug-likeness (QED) is 0.732. The Labute approximate surface area is 128 Å². The molecule has 5 nitrogen and oxygen atoms in total. The number of hydrogen-bond acceptors (Lipinski definition) is 5. The summed E-state index contributed by atoms with van der Waals surface area (Å²) < 4.78 is 0. The first kappa shape index (κ1) is 13.9. The van der Waals surface area contributed by atoms with E-state index in [1.807, 2.05) is 30.3 Å². The van der Waals surface area contributed by atoms with Gasteiger partial charge < -0.3 is 5.32 Å². The van der Waals surface area contributed by atoms with E-state index < -0.39 is 0 Å². The summed E-state index contributed by atoms with van der Waals surface area (Å²) in [5.74, 6) is 0.556. The molecule has 0 radical (unpaired) electrons. The first-order valence-electron chi connectivity index (χ1n) is 6.86. The third-order valence-corrected chi connectivity index (χ3v) is 3.18. The molecule has 0 aliphatic rings. The fourth-order valence-corrected chi connectivity index (χ4v) is 2.01. The van der Waals surface area contributed by atoms with Gasteiger partial charge in [-0.3, -0.25) is 9.78 Å². The number of aromatic nitrogens is 3. The van der Waals surface area contributed by atoms with Gasteiger partial charge in [-0.05, 0) is 23.8 Å². The van der Waals surface area contributed by atoms with Crippen LogP contribution in [0.2, 0.25) is 0 Å². The molecule has 0 aliphatic heterocycles. The molecule has 0 bridgehead atoms. The van der Waals surface area contributed by atoms with E-state index in [1.165, 1.54) is 0 Å². The molecule has 1 N–H and O–H groups in total. The summed E-state index contributed by atoms with van der Waals surface area (Å²) in [7, 11) is 0. The van der Waals surface area contributed by atoms with Crippen molar-refractivity contribution in [2.45, 2.75) is 6.54 Å². The van der Waals surface area contributed by atoms with Crippen molar-refractivity contribution in [3.8, 4) is 11.3 Å². The van der Waals surface area contributed by atoms with Gasteiger partial charge in [0.25, 0.3) is 0 Å². The SMILES string of the molecule is O=Cc1ccc(CNc2nccc(-c3cccnc3)n2)cc1. The van der Waals surface area contributed by atoms with Crippen LogP contribution in [0.1, 0.15) is 15.9 Å². The highest BCUT2D eigenvalue weighted by Crippen LogP contribution is 2.16. The number of benzene rings is 1. The van der Waals surface area contributed by atoms with E-state index in [0.29, 0.717) is 18.1 Å². The zero-order valence-electron chi connectivity index (χ0n) is 11.8. The van der Waals surface area contributed by atoms with E-state index in [1.54, 1.807) is 30.7 Å². The van der Waals surface area contributed by atoms with Crippen molar-refractivity contribution in [3.05, 3.63) is 72.2 Å². The Bertz CT molecular complexity index is 757. The molecular formula is C17H14N4O. The lowest BCUT2D eigenvalue weighted by atomic mass is 10.1. The Hall–Kier alpha value is -3.08. The van der Waals surface area contributed by atoms with E-state index in [2.05, 4.69) is 20.3 Å². The lowest BCUT2D eigenvalue weighted by molar-refractivity contribution is 0.112. The highest BCUT2D eigenvalue weighted by molar-refractivity contribution is 5.74. The van der Waals surface area contributed by atoms with Crippen molar-refractivity contribution in [2.75, 3.05) is 5.32 Å². The predicted molar refractivity (Wildman–Crippen MR) is 84.4 cm³/mol. The van der Waals surface area contributed by atoms with Gasteiger partial charge in [-0.15, -0.1) is 0 Å². The van der Waals surface area contributed by atoms with Gasteiger partial charge in [0.1, 0.15) is 6.29 Å². The Morgan fingerprint density at radius 3 is 2.64 bits per heavy atom. The summed E-state index contributed by atoms with van der Waals surface area (Å²) in [5, 5.41) is 3.18. The van der Waals surface area contributed by atoms with Crippen LogP contribution in [0.4, 0.5) is 5.95 Å². The van der Waals surface area contributed by atoms with E-state index >= 15 is 0 Å². The largest absolute Gasteiger partial charge is 0.350 e. The predicted octanol–water partition coefficient (Wildman–Crippen LogP) is 2.96. The number of nitrogens with zero attached hydrogens (tertiary/aromatic N) is 3. The Morgan fingerprint density at radius 1 is 1.05 bits per heavy atom. The summed E-state index contributed by atoms with van der Waals surface area (Å²) in [4.78, 5) is 23.4. The Kier molecular flexibility index (Phi) is 4.15. The van der Waals surface area contributed by atoms with Crippen molar-refractivity contribution in [1.29, 1.82) is 0 Å². The monoisotopic (exact) mass is 290 g/mol. The molecule has 0 atom stereocenters. The molecule has 0 saturated carbocycles. The third kappa shape index (κ3) is 3.32. The molecule has 2 aromatic heterocycles. The second kappa shape index (κ2) is 6.58. The normalized spacial score (nSPS) is 10.2. The summed E-state index contributed by atoms with van der Waals surface area (Å²) in [6.45, 7) is 0.593. The van der Waals surface area contributed by atoms with Gasteiger partial charge in [-0.2, -0.15) is 0 Å². The van der Waals surface area contributed by atoms with Crippen molar-refractivity contribution in [2.24, 2.45) is 0 Å². The minimum atomic E-state index is 0.556. The van der Waals surface area contributed by atoms with Crippen LogP contribution in [0.25, 0.3) is 11.3 Å². The van der Waals surface area contributed by atoms with Crippen molar-refractivity contribution >= 4 is 12.2 Å². The van der Waals surface area contributed by atoms with Crippen LogP contribution in [-0.4, -0.2) is 21.2 Å². The highest BCUT2D eigenvalue weighted by Gasteiger charge is 2.02. The molecule has 0 saturated heterocycles. The molecule has 0 spiro atoms. The molecule has 0 aliphatic carbocycles. The fraction of sp³-hybridized carbons (Fsp3) is 0.0588. The number of anilines is 1. The summed E-state index contributed by atoms with van der Waals surface area (Å²) in [6.07, 6.45) is 6.04. The van der Waals surface area contributed by atoms with Crippen LogP contribution in [0.15, 0.2) is 61.1 Å². The number of hydrogen-bond donors (Lipinski definition) is 1. The molecule has 2 heterocycles. The standard InChI is InChI=1S/C17H14N4O/c22-12-14-5-3-13(4-6-14)10-20-17-19-9-7-16(21-17)15-2-1-8-18-11-15/h1-9,11-12H,10H2,(H,19,20,21). The smallest absolute Gasteiger partial charge is 0.223 e. The van der Waals surface area contributed by atoms with Crippen LogP contribution in [-0.2, 0) is 6.54 Å². The second-order valence-corrected chi connectivity index (χ2v) is 4.72. The average molecular weight is 290 g/mol. The molecule has 108 valence electrons. The van der Waals surface area contributed by atoms with E-state index in [-0.39, 0.29) is 0 Å². The minimum absolute atomic E-state index is 0.556. The molecule has 0 unspecified atom stereocenters. The van der Waals surface area contributed by atoms with Gasteiger partial charge >= 0.3 is 0 Å². The highest BCUT2D eigenvalue weighted by atomic mass is 16.1. The molecule has 0 fully saturated rings. The van der Waals surface area contributed by atoms with Crippen molar-refractivity contribution in [3.63, 3.8) is 0 Å². The molecule has 22 heavy (non-hydrogen) atoms. The number of carbonyl (C=O) groups excluding carboxylic acids is 1. The number of pyridine rings is 1. The van der Waals surface area contributed by atoms with Gasteiger partial charge in [0.15, 0.2) is 0 Å². The summed E-state index contributed by atoms with van der Waals surface area (Å²) in [6, 6.07) is 13.1. The molecular weight excluding hydrogens is 276 g/mol. The maximum Gasteiger partial charge on any atom is 0.223 e. The Morgan fingerprint density at radius 2 is 1.91 bits per heavy atom. The summed E-state index contributed by atoms with van der Waals surface area (Å²) in [5.41, 5.74) is 3.49. The van der Waals surface area contributed by atoms with E-state index in [0.717, 1.165) is 23.1 Å². The maximum absolute atomic E-state index is 10.6. The van der Waals surface area contributed by atoms with Gasteiger partial charge in [0.05, 0.1) is 5.69 Å². The summed E-state index contributed by atoms with van der Waals surface area (Å²) >= 11 is 0. The topological polar surface area (TPSA) is 67.8 Å². The van der Waals surface area contributed by atoms with Crippen molar-refractivity contribution in [1.82, 2.24) is 15.0 Å². The third-order valence-electron chi connectivity index (χ3n) is 3.18. The molecule has 3 rings (SSSR count). The fourth-order valence-electron chi connectivity index (χ4n) is 2.01.